The molecule has 0 aliphatic heterocycles. The van der Waals surface area contributed by atoms with Gasteiger partial charge in [-0.15, -0.1) is 0 Å². The van der Waals surface area contributed by atoms with Crippen molar-refractivity contribution in [1.29, 1.82) is 0 Å². The Balaban J connectivity index is 2.07. The van der Waals surface area contributed by atoms with Crippen molar-refractivity contribution in [3.8, 4) is 5.75 Å². The number of H-pyrrole nitrogens is 1. The third kappa shape index (κ3) is 3.24. The molecule has 2 N–H and O–H groups in total. The van der Waals surface area contributed by atoms with E-state index in [1.165, 1.54) is 45.5 Å². The van der Waals surface area contributed by atoms with Crippen molar-refractivity contribution in [2.75, 3.05) is 12.4 Å². The summed E-state index contributed by atoms with van der Waals surface area (Å²) in [4.78, 5) is 18.3. The molecular weight excluding hydrogens is 230 g/mol. The molecule has 5 heteroatoms. The molecule has 1 aromatic heterocycles. The largest absolute Gasteiger partial charge is 0.489 e. The smallest absolute Gasteiger partial charge is 0.295 e. The van der Waals surface area contributed by atoms with Crippen LogP contribution in [0.25, 0.3) is 0 Å². The number of hydrogen-bond acceptors (Lipinski definition) is 4. The molecule has 18 heavy (non-hydrogen) atoms. The fourth-order valence-electron chi connectivity index (χ4n) is 2.47. The van der Waals surface area contributed by atoms with E-state index >= 15 is 0 Å². The summed E-state index contributed by atoms with van der Waals surface area (Å²) < 4.78 is 5.10. The number of hydrogen-bond donors (Lipinski definition) is 2. The summed E-state index contributed by atoms with van der Waals surface area (Å²) in [5.41, 5.74) is -0.235. The zero-order valence-corrected chi connectivity index (χ0v) is 10.9. The van der Waals surface area contributed by atoms with Crippen LogP contribution in [0.4, 0.5) is 5.82 Å². The Morgan fingerprint density at radius 2 is 1.94 bits per heavy atom. The van der Waals surface area contributed by atoms with Gasteiger partial charge in [-0.3, -0.25) is 4.79 Å². The maximum atomic E-state index is 11.6. The average molecular weight is 251 g/mol. The second-order valence-electron chi connectivity index (χ2n) is 4.80. The molecule has 1 saturated carbocycles. The average Bonchev–Trinajstić information content (AvgIpc) is 2.32. The molecule has 0 aromatic carbocycles. The van der Waals surface area contributed by atoms with Crippen molar-refractivity contribution < 1.29 is 4.74 Å². The maximum Gasteiger partial charge on any atom is 0.295 e. The number of rotatable bonds is 3. The van der Waals surface area contributed by atoms with E-state index < -0.39 is 0 Å². The fourth-order valence-corrected chi connectivity index (χ4v) is 2.47. The van der Waals surface area contributed by atoms with Crippen molar-refractivity contribution in [3.63, 3.8) is 0 Å². The Kier molecular flexibility index (Phi) is 4.61. The molecule has 1 aliphatic rings. The summed E-state index contributed by atoms with van der Waals surface area (Å²) in [5, 5.41) is 3.35. The van der Waals surface area contributed by atoms with Gasteiger partial charge in [0.05, 0.1) is 13.4 Å². The summed E-state index contributed by atoms with van der Waals surface area (Å²) in [7, 11) is 1.50. The quantitative estimate of drug-likeness (QED) is 0.865. The van der Waals surface area contributed by atoms with Gasteiger partial charge in [0.15, 0.2) is 5.82 Å². The maximum absolute atomic E-state index is 11.6. The predicted octanol–water partition coefficient (Wildman–Crippen LogP) is 2.30. The van der Waals surface area contributed by atoms with Gasteiger partial charge in [0, 0.05) is 6.04 Å². The van der Waals surface area contributed by atoms with E-state index in [0.717, 1.165) is 12.8 Å². The summed E-state index contributed by atoms with van der Waals surface area (Å²) in [5.74, 6) is 0.839. The van der Waals surface area contributed by atoms with Crippen LogP contribution in [0.5, 0.6) is 5.75 Å². The van der Waals surface area contributed by atoms with Crippen LogP contribution >= 0.6 is 0 Å². The first-order valence-electron chi connectivity index (χ1n) is 6.69. The van der Waals surface area contributed by atoms with Crippen molar-refractivity contribution in [2.45, 2.75) is 51.0 Å². The Labute approximate surface area is 107 Å². The Hall–Kier alpha value is -1.52. The van der Waals surface area contributed by atoms with E-state index in [1.54, 1.807) is 0 Å². The second-order valence-corrected chi connectivity index (χ2v) is 4.80. The molecule has 1 aromatic rings. The molecule has 1 heterocycles. The zero-order valence-electron chi connectivity index (χ0n) is 10.9. The van der Waals surface area contributed by atoms with Gasteiger partial charge in [-0.25, -0.2) is 4.98 Å². The van der Waals surface area contributed by atoms with Gasteiger partial charge in [0.25, 0.3) is 5.56 Å². The van der Waals surface area contributed by atoms with Gasteiger partial charge in [-0.1, -0.05) is 32.1 Å². The number of anilines is 1. The summed E-state index contributed by atoms with van der Waals surface area (Å²) in [6, 6.07) is 0.397. The zero-order chi connectivity index (χ0) is 12.8. The van der Waals surface area contributed by atoms with Crippen molar-refractivity contribution in [1.82, 2.24) is 9.97 Å². The topological polar surface area (TPSA) is 67.0 Å². The van der Waals surface area contributed by atoms with Gasteiger partial charge in [-0.05, 0) is 12.8 Å². The molecule has 5 nitrogen and oxygen atoms in total. The van der Waals surface area contributed by atoms with Crippen LogP contribution in [-0.4, -0.2) is 23.1 Å². The van der Waals surface area contributed by atoms with E-state index in [2.05, 4.69) is 15.3 Å². The van der Waals surface area contributed by atoms with Gasteiger partial charge in [0.1, 0.15) is 0 Å². The van der Waals surface area contributed by atoms with E-state index in [0.29, 0.717) is 11.9 Å². The Morgan fingerprint density at radius 3 is 2.61 bits per heavy atom. The van der Waals surface area contributed by atoms with Crippen LogP contribution < -0.4 is 15.6 Å². The van der Waals surface area contributed by atoms with Gasteiger partial charge in [0.2, 0.25) is 5.75 Å². The molecular formula is C13H21N3O2. The molecule has 0 amide bonds. The molecule has 0 spiro atoms. The number of aromatic nitrogens is 2. The lowest BCUT2D eigenvalue weighted by Crippen LogP contribution is -2.23. The molecule has 1 fully saturated rings. The Morgan fingerprint density at radius 1 is 1.28 bits per heavy atom. The molecule has 2 rings (SSSR count). The van der Waals surface area contributed by atoms with Crippen LogP contribution in [0.15, 0.2) is 11.1 Å². The van der Waals surface area contributed by atoms with Gasteiger partial charge < -0.3 is 15.0 Å². The normalized spacial score (nSPS) is 17.8. The van der Waals surface area contributed by atoms with Gasteiger partial charge >= 0.3 is 0 Å². The highest BCUT2D eigenvalue weighted by Gasteiger charge is 2.15. The first-order valence-corrected chi connectivity index (χ1v) is 6.69. The van der Waals surface area contributed by atoms with E-state index in [9.17, 15) is 4.79 Å². The summed E-state index contributed by atoms with van der Waals surface area (Å²) >= 11 is 0. The number of methoxy groups -OCH3 is 1. The van der Waals surface area contributed by atoms with Crippen LogP contribution in [0, 0.1) is 0 Å². The van der Waals surface area contributed by atoms with Crippen LogP contribution in [-0.2, 0) is 0 Å². The first kappa shape index (κ1) is 12.9. The van der Waals surface area contributed by atoms with E-state index in [4.69, 9.17) is 4.74 Å². The minimum Gasteiger partial charge on any atom is -0.489 e. The highest BCUT2D eigenvalue weighted by molar-refractivity contribution is 5.48. The standard InChI is InChI=1S/C13H21N3O2/c1-18-11-12(14-9-15-13(11)17)16-10-7-5-3-2-4-6-8-10/h9-10H,2-8H2,1H3,(H2,14,15,16,17). The number of aromatic amines is 1. The highest BCUT2D eigenvalue weighted by atomic mass is 16.5. The molecule has 0 radical (unpaired) electrons. The lowest BCUT2D eigenvalue weighted by Gasteiger charge is -2.22. The van der Waals surface area contributed by atoms with Crippen molar-refractivity contribution in [2.24, 2.45) is 0 Å². The molecule has 0 saturated heterocycles. The van der Waals surface area contributed by atoms with Crippen LogP contribution in [0.3, 0.4) is 0 Å². The van der Waals surface area contributed by atoms with E-state index in [-0.39, 0.29) is 11.3 Å². The SMILES string of the molecule is COc1c(NC2CCCCCCC2)nc[nH]c1=O. The summed E-state index contributed by atoms with van der Waals surface area (Å²) in [6.07, 6.45) is 10.1. The first-order chi connectivity index (χ1) is 8.81. The molecule has 1 aliphatic carbocycles. The number of nitrogens with zero attached hydrogens (tertiary/aromatic N) is 1. The molecule has 100 valence electrons. The van der Waals surface area contributed by atoms with Crippen molar-refractivity contribution >= 4 is 5.82 Å². The minimum absolute atomic E-state index is 0.235. The third-order valence-electron chi connectivity index (χ3n) is 3.46. The predicted molar refractivity (Wildman–Crippen MR) is 71.1 cm³/mol. The fraction of sp³-hybridized carbons (Fsp3) is 0.692. The van der Waals surface area contributed by atoms with Crippen molar-refractivity contribution in [3.05, 3.63) is 16.7 Å². The van der Waals surface area contributed by atoms with Gasteiger partial charge in [-0.2, -0.15) is 0 Å². The summed E-state index contributed by atoms with van der Waals surface area (Å²) in [6.45, 7) is 0. The lowest BCUT2D eigenvalue weighted by molar-refractivity contribution is 0.405. The number of nitrogens with one attached hydrogen (secondary N) is 2. The van der Waals surface area contributed by atoms with Crippen LogP contribution in [0.1, 0.15) is 44.9 Å². The Bertz CT molecular complexity index is 422. The van der Waals surface area contributed by atoms with E-state index in [1.807, 2.05) is 0 Å². The molecule has 0 atom stereocenters. The minimum atomic E-state index is -0.235. The monoisotopic (exact) mass is 251 g/mol. The molecule has 0 bridgehead atoms. The number of ether oxygens (including phenoxy) is 1. The molecule has 0 unspecified atom stereocenters. The highest BCUT2D eigenvalue weighted by Crippen LogP contribution is 2.22. The third-order valence-corrected chi connectivity index (χ3v) is 3.46. The lowest BCUT2D eigenvalue weighted by atomic mass is 9.97. The second kappa shape index (κ2) is 6.42. The van der Waals surface area contributed by atoms with Crippen LogP contribution in [0.2, 0.25) is 0 Å².